The normalized spacial score (nSPS) is 16.2. The summed E-state index contributed by atoms with van der Waals surface area (Å²) in [5.41, 5.74) is 1.71. The van der Waals surface area contributed by atoms with Crippen LogP contribution >= 0.6 is 0 Å². The molecule has 0 radical (unpaired) electrons. The van der Waals surface area contributed by atoms with Crippen molar-refractivity contribution in [3.05, 3.63) is 54.6 Å². The number of sulfonamides is 1. The highest BCUT2D eigenvalue weighted by atomic mass is 32.2. The van der Waals surface area contributed by atoms with E-state index >= 15 is 0 Å². The van der Waals surface area contributed by atoms with Gasteiger partial charge in [0.2, 0.25) is 0 Å². The number of benzene rings is 2. The van der Waals surface area contributed by atoms with Gasteiger partial charge < -0.3 is 4.90 Å². The molecule has 5 nitrogen and oxygen atoms in total. The number of hydrogen-bond acceptors (Lipinski definition) is 4. The Morgan fingerprint density at radius 3 is 2.04 bits per heavy atom. The highest BCUT2D eigenvalue weighted by molar-refractivity contribution is 7.92. The van der Waals surface area contributed by atoms with E-state index in [1.54, 1.807) is 30.3 Å². The SMILES string of the molecule is CC(C)N1CCN(c2ccc(NS(=O)(=O)c3ccccc3)cc2)CC1. The van der Waals surface area contributed by atoms with Crippen molar-refractivity contribution >= 4 is 21.4 Å². The Morgan fingerprint density at radius 2 is 1.48 bits per heavy atom. The van der Waals surface area contributed by atoms with Crippen LogP contribution in [0.3, 0.4) is 0 Å². The molecule has 6 heteroatoms. The predicted octanol–water partition coefficient (Wildman–Crippen LogP) is 3.02. The molecule has 0 bridgehead atoms. The summed E-state index contributed by atoms with van der Waals surface area (Å²) < 4.78 is 27.4. The molecular formula is C19H25N3O2S. The summed E-state index contributed by atoms with van der Waals surface area (Å²) in [4.78, 5) is 5.08. The molecule has 25 heavy (non-hydrogen) atoms. The van der Waals surface area contributed by atoms with Crippen molar-refractivity contribution in [3.8, 4) is 0 Å². The Kier molecular flexibility index (Phi) is 5.30. The number of hydrogen-bond donors (Lipinski definition) is 1. The fourth-order valence-electron chi connectivity index (χ4n) is 3.05. The van der Waals surface area contributed by atoms with Crippen molar-refractivity contribution in [2.75, 3.05) is 35.8 Å². The van der Waals surface area contributed by atoms with Gasteiger partial charge >= 0.3 is 0 Å². The summed E-state index contributed by atoms with van der Waals surface area (Å²) in [5.74, 6) is 0. The van der Waals surface area contributed by atoms with Gasteiger partial charge in [-0.15, -0.1) is 0 Å². The standard InChI is InChI=1S/C19H25N3O2S/c1-16(2)21-12-14-22(15-13-21)18-10-8-17(9-11-18)20-25(23,24)19-6-4-3-5-7-19/h3-11,16,20H,12-15H2,1-2H3. The van der Waals surface area contributed by atoms with E-state index in [0.29, 0.717) is 11.7 Å². The van der Waals surface area contributed by atoms with Crippen LogP contribution < -0.4 is 9.62 Å². The zero-order valence-electron chi connectivity index (χ0n) is 14.7. The second-order valence-electron chi connectivity index (χ2n) is 6.58. The fourth-order valence-corrected chi connectivity index (χ4v) is 4.13. The molecule has 2 aromatic carbocycles. The molecule has 3 rings (SSSR count). The minimum absolute atomic E-state index is 0.267. The van der Waals surface area contributed by atoms with Gasteiger partial charge in [0.15, 0.2) is 0 Å². The van der Waals surface area contributed by atoms with E-state index in [4.69, 9.17) is 0 Å². The van der Waals surface area contributed by atoms with Crippen LogP contribution in [0.25, 0.3) is 0 Å². The first-order valence-corrected chi connectivity index (χ1v) is 10.1. The van der Waals surface area contributed by atoms with Crippen molar-refractivity contribution in [1.29, 1.82) is 0 Å². The summed E-state index contributed by atoms with van der Waals surface area (Å²) in [6.45, 7) is 8.55. The molecule has 134 valence electrons. The third-order valence-corrected chi connectivity index (χ3v) is 5.98. The molecule has 0 spiro atoms. The lowest BCUT2D eigenvalue weighted by atomic mass is 10.2. The van der Waals surface area contributed by atoms with E-state index < -0.39 is 10.0 Å². The highest BCUT2D eigenvalue weighted by Crippen LogP contribution is 2.22. The Bertz CT molecular complexity index is 781. The zero-order valence-corrected chi connectivity index (χ0v) is 15.5. The topological polar surface area (TPSA) is 52.6 Å². The maximum Gasteiger partial charge on any atom is 0.261 e. The summed E-state index contributed by atoms with van der Waals surface area (Å²) in [6, 6.07) is 16.6. The van der Waals surface area contributed by atoms with E-state index in [1.807, 2.05) is 24.3 Å². The van der Waals surface area contributed by atoms with Crippen molar-refractivity contribution in [2.45, 2.75) is 24.8 Å². The predicted molar refractivity (Wildman–Crippen MR) is 103 cm³/mol. The highest BCUT2D eigenvalue weighted by Gasteiger charge is 2.19. The minimum Gasteiger partial charge on any atom is -0.369 e. The molecular weight excluding hydrogens is 334 g/mol. The van der Waals surface area contributed by atoms with Crippen LogP contribution in [0, 0.1) is 0 Å². The van der Waals surface area contributed by atoms with Gasteiger partial charge in [0, 0.05) is 43.6 Å². The van der Waals surface area contributed by atoms with Crippen molar-refractivity contribution in [1.82, 2.24) is 4.90 Å². The molecule has 0 aliphatic carbocycles. The first-order valence-electron chi connectivity index (χ1n) is 8.63. The smallest absolute Gasteiger partial charge is 0.261 e. The Balaban J connectivity index is 1.65. The van der Waals surface area contributed by atoms with Gasteiger partial charge in [-0.05, 0) is 50.2 Å². The lowest BCUT2D eigenvalue weighted by Gasteiger charge is -2.38. The Labute approximate surface area is 150 Å². The summed E-state index contributed by atoms with van der Waals surface area (Å²) in [7, 11) is -3.54. The average molecular weight is 359 g/mol. The first-order chi connectivity index (χ1) is 12.0. The monoisotopic (exact) mass is 359 g/mol. The number of rotatable bonds is 5. The van der Waals surface area contributed by atoms with E-state index in [2.05, 4.69) is 28.4 Å². The number of anilines is 2. The molecule has 1 aliphatic rings. The molecule has 0 aromatic heterocycles. The van der Waals surface area contributed by atoms with E-state index in [0.717, 1.165) is 31.9 Å². The molecule has 0 saturated carbocycles. The second-order valence-corrected chi connectivity index (χ2v) is 8.26. The molecule has 2 aromatic rings. The molecule has 1 aliphatic heterocycles. The van der Waals surface area contributed by atoms with Gasteiger partial charge in [0.1, 0.15) is 0 Å². The number of piperazine rings is 1. The molecule has 0 amide bonds. The Hall–Kier alpha value is -2.05. The Morgan fingerprint density at radius 1 is 0.880 bits per heavy atom. The van der Waals surface area contributed by atoms with Gasteiger partial charge in [-0.1, -0.05) is 18.2 Å². The quantitative estimate of drug-likeness (QED) is 0.892. The van der Waals surface area contributed by atoms with Crippen molar-refractivity contribution in [3.63, 3.8) is 0 Å². The third-order valence-electron chi connectivity index (χ3n) is 4.58. The van der Waals surface area contributed by atoms with Gasteiger partial charge in [0.25, 0.3) is 10.0 Å². The van der Waals surface area contributed by atoms with Crippen LogP contribution in [0.5, 0.6) is 0 Å². The lowest BCUT2D eigenvalue weighted by molar-refractivity contribution is 0.209. The van der Waals surface area contributed by atoms with Gasteiger partial charge in [-0.2, -0.15) is 0 Å². The third kappa shape index (κ3) is 4.32. The average Bonchev–Trinajstić information content (AvgIpc) is 2.63. The van der Waals surface area contributed by atoms with Crippen LogP contribution in [0.2, 0.25) is 0 Å². The second kappa shape index (κ2) is 7.45. The summed E-state index contributed by atoms with van der Waals surface area (Å²) in [6.07, 6.45) is 0. The van der Waals surface area contributed by atoms with Crippen molar-refractivity contribution in [2.24, 2.45) is 0 Å². The van der Waals surface area contributed by atoms with E-state index in [1.165, 1.54) is 0 Å². The van der Waals surface area contributed by atoms with Crippen molar-refractivity contribution < 1.29 is 8.42 Å². The van der Waals surface area contributed by atoms with E-state index in [9.17, 15) is 8.42 Å². The summed E-state index contributed by atoms with van der Waals surface area (Å²) in [5, 5.41) is 0. The van der Waals surface area contributed by atoms with Crippen LogP contribution in [-0.2, 0) is 10.0 Å². The maximum absolute atomic E-state index is 12.4. The van der Waals surface area contributed by atoms with Gasteiger partial charge in [0.05, 0.1) is 4.90 Å². The molecule has 1 heterocycles. The number of nitrogens with one attached hydrogen (secondary N) is 1. The van der Waals surface area contributed by atoms with Crippen LogP contribution in [0.15, 0.2) is 59.5 Å². The maximum atomic E-state index is 12.4. The summed E-state index contributed by atoms with van der Waals surface area (Å²) >= 11 is 0. The van der Waals surface area contributed by atoms with Crippen LogP contribution in [0.4, 0.5) is 11.4 Å². The molecule has 0 unspecified atom stereocenters. The van der Waals surface area contributed by atoms with Crippen LogP contribution in [0.1, 0.15) is 13.8 Å². The van der Waals surface area contributed by atoms with Gasteiger partial charge in [-0.3, -0.25) is 9.62 Å². The fraction of sp³-hybridized carbons (Fsp3) is 0.368. The molecule has 1 N–H and O–H groups in total. The largest absolute Gasteiger partial charge is 0.369 e. The molecule has 1 saturated heterocycles. The van der Waals surface area contributed by atoms with Crippen LogP contribution in [-0.4, -0.2) is 45.5 Å². The zero-order chi connectivity index (χ0) is 17.9. The van der Waals surface area contributed by atoms with Gasteiger partial charge in [-0.25, -0.2) is 8.42 Å². The first kappa shape index (κ1) is 17.8. The minimum atomic E-state index is -3.54. The van der Waals surface area contributed by atoms with E-state index in [-0.39, 0.29) is 4.90 Å². The lowest BCUT2D eigenvalue weighted by Crippen LogP contribution is -2.48. The molecule has 0 atom stereocenters. The molecule has 1 fully saturated rings. The number of nitrogens with zero attached hydrogens (tertiary/aromatic N) is 2.